The molecule has 112 valence electrons. The van der Waals surface area contributed by atoms with Crippen LogP contribution in [0.5, 0.6) is 0 Å². The van der Waals surface area contributed by atoms with Crippen molar-refractivity contribution in [2.24, 2.45) is 7.05 Å². The minimum absolute atomic E-state index is 0.146. The Kier molecular flexibility index (Phi) is 4.81. The minimum Gasteiger partial charge on any atom is -0.352 e. The Morgan fingerprint density at radius 1 is 1.50 bits per heavy atom. The predicted molar refractivity (Wildman–Crippen MR) is 79.6 cm³/mol. The molecule has 0 aromatic carbocycles. The van der Waals surface area contributed by atoms with Gasteiger partial charge in [-0.15, -0.1) is 0 Å². The zero-order valence-corrected chi connectivity index (χ0v) is 13.0. The molecular formula is C15H26N4O. The molecule has 1 amide bonds. The van der Waals surface area contributed by atoms with Crippen molar-refractivity contribution < 1.29 is 4.79 Å². The van der Waals surface area contributed by atoms with Gasteiger partial charge in [0.25, 0.3) is 0 Å². The number of hydrogen-bond donors (Lipinski definition) is 2. The number of amides is 1. The van der Waals surface area contributed by atoms with Gasteiger partial charge in [-0.3, -0.25) is 9.48 Å². The second-order valence-electron chi connectivity index (χ2n) is 5.83. The quantitative estimate of drug-likeness (QED) is 0.871. The molecule has 5 heteroatoms. The van der Waals surface area contributed by atoms with E-state index in [-0.39, 0.29) is 11.9 Å². The van der Waals surface area contributed by atoms with E-state index in [0.717, 1.165) is 37.2 Å². The van der Waals surface area contributed by atoms with Crippen LogP contribution in [0.15, 0.2) is 0 Å². The van der Waals surface area contributed by atoms with E-state index in [4.69, 9.17) is 0 Å². The minimum atomic E-state index is 0.146. The molecule has 2 heterocycles. The van der Waals surface area contributed by atoms with Crippen LogP contribution in [0.4, 0.5) is 0 Å². The lowest BCUT2D eigenvalue weighted by molar-refractivity contribution is -0.122. The van der Waals surface area contributed by atoms with Crippen molar-refractivity contribution >= 4 is 5.91 Å². The normalized spacial score (nSPS) is 22.8. The molecule has 0 bridgehead atoms. The Morgan fingerprint density at radius 3 is 2.85 bits per heavy atom. The van der Waals surface area contributed by atoms with Gasteiger partial charge < -0.3 is 10.6 Å². The van der Waals surface area contributed by atoms with E-state index in [1.807, 2.05) is 18.7 Å². The molecule has 1 aliphatic heterocycles. The largest absolute Gasteiger partial charge is 0.352 e. The Morgan fingerprint density at radius 2 is 2.25 bits per heavy atom. The zero-order chi connectivity index (χ0) is 14.7. The number of carbonyl (C=O) groups is 1. The Bertz CT molecular complexity index is 480. The number of hydrogen-bond acceptors (Lipinski definition) is 3. The maximum absolute atomic E-state index is 12.1. The van der Waals surface area contributed by atoms with Crippen LogP contribution in [0.1, 0.15) is 43.1 Å². The van der Waals surface area contributed by atoms with Crippen molar-refractivity contribution in [3.8, 4) is 0 Å². The van der Waals surface area contributed by atoms with Crippen LogP contribution in [0, 0.1) is 13.8 Å². The molecule has 20 heavy (non-hydrogen) atoms. The molecule has 2 N–H and O–H groups in total. The summed E-state index contributed by atoms with van der Waals surface area (Å²) in [7, 11) is 1.95. The SMILES string of the molecule is Cc1nn(C)c(C)c1CCC(=O)NC1CCCNC1C. The van der Waals surface area contributed by atoms with Crippen LogP contribution in [-0.2, 0) is 18.3 Å². The van der Waals surface area contributed by atoms with Crippen molar-refractivity contribution in [2.75, 3.05) is 6.54 Å². The lowest BCUT2D eigenvalue weighted by atomic mass is 9.99. The highest BCUT2D eigenvalue weighted by Gasteiger charge is 2.22. The van der Waals surface area contributed by atoms with Gasteiger partial charge >= 0.3 is 0 Å². The first kappa shape index (κ1) is 15.0. The third-order valence-electron chi connectivity index (χ3n) is 4.37. The van der Waals surface area contributed by atoms with Crippen molar-refractivity contribution in [3.05, 3.63) is 17.0 Å². The van der Waals surface area contributed by atoms with Crippen molar-refractivity contribution in [2.45, 2.75) is 58.5 Å². The van der Waals surface area contributed by atoms with Crippen LogP contribution in [0.2, 0.25) is 0 Å². The molecule has 2 unspecified atom stereocenters. The first-order valence-corrected chi connectivity index (χ1v) is 7.51. The lowest BCUT2D eigenvalue weighted by Gasteiger charge is -2.30. The number of aryl methyl sites for hydroxylation is 2. The van der Waals surface area contributed by atoms with Crippen molar-refractivity contribution in [1.82, 2.24) is 20.4 Å². The molecule has 1 aromatic rings. The summed E-state index contributed by atoms with van der Waals surface area (Å²) in [6, 6.07) is 0.641. The second-order valence-corrected chi connectivity index (χ2v) is 5.83. The molecule has 2 atom stereocenters. The average molecular weight is 278 g/mol. The van der Waals surface area contributed by atoms with Gasteiger partial charge in [0, 0.05) is 31.2 Å². The molecule has 0 aliphatic carbocycles. The number of nitrogens with zero attached hydrogens (tertiary/aromatic N) is 2. The number of carbonyl (C=O) groups excluding carboxylic acids is 1. The Balaban J connectivity index is 1.86. The van der Waals surface area contributed by atoms with E-state index in [0.29, 0.717) is 12.5 Å². The van der Waals surface area contributed by atoms with Gasteiger partial charge in [0.2, 0.25) is 5.91 Å². The fraction of sp³-hybridized carbons (Fsp3) is 0.733. The Hall–Kier alpha value is -1.36. The number of aromatic nitrogens is 2. The Labute approximate surface area is 121 Å². The van der Waals surface area contributed by atoms with Gasteiger partial charge in [-0.25, -0.2) is 0 Å². The molecule has 5 nitrogen and oxygen atoms in total. The van der Waals surface area contributed by atoms with E-state index in [2.05, 4.69) is 29.6 Å². The van der Waals surface area contributed by atoms with Crippen LogP contribution < -0.4 is 10.6 Å². The molecule has 1 fully saturated rings. The highest BCUT2D eigenvalue weighted by Crippen LogP contribution is 2.14. The highest BCUT2D eigenvalue weighted by atomic mass is 16.1. The molecule has 1 saturated heterocycles. The fourth-order valence-corrected chi connectivity index (χ4v) is 2.94. The fourth-order valence-electron chi connectivity index (χ4n) is 2.94. The number of nitrogens with one attached hydrogen (secondary N) is 2. The van der Waals surface area contributed by atoms with Crippen LogP contribution in [0.25, 0.3) is 0 Å². The average Bonchev–Trinajstić information content (AvgIpc) is 2.64. The summed E-state index contributed by atoms with van der Waals surface area (Å²) in [5.74, 6) is 0.146. The van der Waals surface area contributed by atoms with Crippen molar-refractivity contribution in [1.29, 1.82) is 0 Å². The summed E-state index contributed by atoms with van der Waals surface area (Å²) >= 11 is 0. The second kappa shape index (κ2) is 6.39. The van der Waals surface area contributed by atoms with Crippen LogP contribution >= 0.6 is 0 Å². The molecule has 0 radical (unpaired) electrons. The topological polar surface area (TPSA) is 59.0 Å². The highest BCUT2D eigenvalue weighted by molar-refractivity contribution is 5.76. The van der Waals surface area contributed by atoms with E-state index in [1.54, 1.807) is 0 Å². The van der Waals surface area contributed by atoms with E-state index in [1.165, 1.54) is 5.56 Å². The van der Waals surface area contributed by atoms with Crippen LogP contribution in [-0.4, -0.2) is 34.3 Å². The first-order valence-electron chi connectivity index (χ1n) is 7.51. The summed E-state index contributed by atoms with van der Waals surface area (Å²) in [4.78, 5) is 12.1. The number of piperidine rings is 1. The van der Waals surface area contributed by atoms with Gasteiger partial charge in [-0.1, -0.05) is 0 Å². The summed E-state index contributed by atoms with van der Waals surface area (Å²) < 4.78 is 1.88. The van der Waals surface area contributed by atoms with E-state index >= 15 is 0 Å². The molecule has 1 aromatic heterocycles. The summed E-state index contributed by atoms with van der Waals surface area (Å²) in [6.07, 6.45) is 3.52. The van der Waals surface area contributed by atoms with Gasteiger partial charge in [0.15, 0.2) is 0 Å². The summed E-state index contributed by atoms with van der Waals surface area (Å²) in [5.41, 5.74) is 3.39. The first-order chi connectivity index (χ1) is 9.49. The maximum Gasteiger partial charge on any atom is 0.220 e. The predicted octanol–water partition coefficient (Wildman–Crippen LogP) is 1.23. The monoisotopic (exact) mass is 278 g/mol. The van der Waals surface area contributed by atoms with Gasteiger partial charge in [-0.05, 0) is 52.1 Å². The summed E-state index contributed by atoms with van der Waals surface area (Å²) in [6.45, 7) is 7.26. The van der Waals surface area contributed by atoms with Crippen LogP contribution in [0.3, 0.4) is 0 Å². The molecule has 0 spiro atoms. The van der Waals surface area contributed by atoms with E-state index < -0.39 is 0 Å². The third-order valence-corrected chi connectivity index (χ3v) is 4.37. The molecule has 0 saturated carbocycles. The van der Waals surface area contributed by atoms with Gasteiger partial charge in [-0.2, -0.15) is 5.10 Å². The molecular weight excluding hydrogens is 252 g/mol. The van der Waals surface area contributed by atoms with Gasteiger partial charge in [0.1, 0.15) is 0 Å². The smallest absolute Gasteiger partial charge is 0.220 e. The van der Waals surface area contributed by atoms with Gasteiger partial charge in [0.05, 0.1) is 5.69 Å². The summed E-state index contributed by atoms with van der Waals surface area (Å²) in [5, 5.41) is 11.0. The third kappa shape index (κ3) is 3.39. The zero-order valence-electron chi connectivity index (χ0n) is 13.0. The van der Waals surface area contributed by atoms with Crippen molar-refractivity contribution in [3.63, 3.8) is 0 Å². The molecule has 2 rings (SSSR count). The standard InChI is InChI=1S/C15H26N4O/c1-10-13(12(3)19(4)18-10)7-8-15(20)17-14-6-5-9-16-11(14)2/h11,14,16H,5-9H2,1-4H3,(H,17,20). The number of rotatable bonds is 4. The molecule has 1 aliphatic rings. The maximum atomic E-state index is 12.1. The lowest BCUT2D eigenvalue weighted by Crippen LogP contribution is -2.51. The van der Waals surface area contributed by atoms with E-state index in [9.17, 15) is 4.79 Å².